The van der Waals surface area contributed by atoms with Crippen LogP contribution in [-0.4, -0.2) is 19.1 Å². The number of nitrogens with two attached hydrogens (primary N) is 2. The van der Waals surface area contributed by atoms with Crippen molar-refractivity contribution in [2.75, 3.05) is 0 Å². The second-order valence-electron chi connectivity index (χ2n) is 4.12. The summed E-state index contributed by atoms with van der Waals surface area (Å²) in [7, 11) is 0. The third-order valence-corrected chi connectivity index (χ3v) is 4.63. The number of benzene rings is 1. The number of thiocarbonyl (C=S) groups is 2. The van der Waals surface area contributed by atoms with Gasteiger partial charge in [-0.1, -0.05) is 48.7 Å². The van der Waals surface area contributed by atoms with Gasteiger partial charge in [-0.2, -0.15) is 0 Å². The summed E-state index contributed by atoms with van der Waals surface area (Å²) in [6.07, 6.45) is 0. The summed E-state index contributed by atoms with van der Waals surface area (Å²) in [6, 6.07) is 7.61. The molecule has 130 valence electrons. The van der Waals surface area contributed by atoms with E-state index in [9.17, 15) is 9.59 Å². The van der Waals surface area contributed by atoms with Crippen molar-refractivity contribution in [1.82, 2.24) is 21.5 Å². The minimum absolute atomic E-state index is 0.311. The maximum atomic E-state index is 11.1. The highest BCUT2D eigenvalue weighted by atomic mass is 32.2. The van der Waals surface area contributed by atoms with Crippen LogP contribution in [0.4, 0.5) is 9.59 Å². The molecule has 0 radical (unpaired) electrons. The van der Waals surface area contributed by atoms with Gasteiger partial charge in [0.1, 0.15) is 8.64 Å². The third kappa shape index (κ3) is 7.90. The Kier molecular flexibility index (Phi) is 9.59. The number of nitrogens with one attached hydrogen (secondary N) is 4. The molecule has 1 rings (SSSR count). The largest absolute Gasteiger partial charge is 0.366 e. The van der Waals surface area contributed by atoms with Crippen molar-refractivity contribution >= 4 is 67.1 Å². The Morgan fingerprint density at radius 2 is 1.25 bits per heavy atom. The number of rotatable bonds is 4. The minimum atomic E-state index is -0.442. The fourth-order valence-electron chi connectivity index (χ4n) is 1.54. The Labute approximate surface area is 158 Å². The molecule has 0 saturated carbocycles. The second kappa shape index (κ2) is 11.2. The molecule has 24 heavy (non-hydrogen) atoms. The smallest absolute Gasteiger partial charge is 0.300 e. The van der Waals surface area contributed by atoms with Crippen molar-refractivity contribution in [1.29, 1.82) is 0 Å². The van der Waals surface area contributed by atoms with E-state index in [1.165, 1.54) is 0 Å². The van der Waals surface area contributed by atoms with E-state index in [4.69, 9.17) is 36.1 Å². The summed E-state index contributed by atoms with van der Waals surface area (Å²) in [5, 5.41) is 5.05. The Morgan fingerprint density at radius 3 is 1.58 bits per heavy atom. The van der Waals surface area contributed by atoms with Crippen LogP contribution in [0.25, 0.3) is 0 Å². The minimum Gasteiger partial charge on any atom is -0.366 e. The lowest BCUT2D eigenvalue weighted by molar-refractivity contribution is 0.260. The van der Waals surface area contributed by atoms with Gasteiger partial charge in [0.15, 0.2) is 0 Å². The van der Waals surface area contributed by atoms with Gasteiger partial charge in [-0.15, -0.1) is 0 Å². The number of hydrogen-bond donors (Lipinski definition) is 6. The first kappa shape index (κ1) is 20.6. The van der Waals surface area contributed by atoms with E-state index in [0.717, 1.165) is 34.7 Å². The zero-order valence-corrected chi connectivity index (χ0v) is 15.6. The van der Waals surface area contributed by atoms with Crippen LogP contribution in [-0.2, 0) is 13.1 Å². The van der Waals surface area contributed by atoms with E-state index in [1.54, 1.807) is 0 Å². The van der Waals surface area contributed by atoms with Gasteiger partial charge in [-0.05, 0) is 11.1 Å². The number of carbonyl (C=O) groups excluding carboxylic acids is 2. The zero-order chi connectivity index (χ0) is 17.9. The molecule has 1 aromatic rings. The van der Waals surface area contributed by atoms with Crippen molar-refractivity contribution in [3.8, 4) is 0 Å². The Balaban J connectivity index is 2.55. The van der Waals surface area contributed by atoms with Crippen LogP contribution in [0.1, 0.15) is 11.1 Å². The number of amides is 2. The van der Waals surface area contributed by atoms with E-state index < -0.39 is 10.5 Å². The van der Waals surface area contributed by atoms with E-state index >= 15 is 0 Å². The average molecular weight is 405 g/mol. The van der Waals surface area contributed by atoms with Gasteiger partial charge in [-0.25, -0.2) is 11.7 Å². The molecular weight excluding hydrogens is 388 g/mol. The van der Waals surface area contributed by atoms with E-state index in [2.05, 4.69) is 10.6 Å². The lowest BCUT2D eigenvalue weighted by Crippen LogP contribution is -2.30. The number of thioether (sulfide) groups is 2. The van der Waals surface area contributed by atoms with Gasteiger partial charge in [0, 0.05) is 36.6 Å². The predicted octanol–water partition coefficient (Wildman–Crippen LogP) is 1.07. The first-order chi connectivity index (χ1) is 11.5. The van der Waals surface area contributed by atoms with Gasteiger partial charge in [0.2, 0.25) is 0 Å². The molecule has 0 fully saturated rings. The number of hydrogen-bond acceptors (Lipinski definition) is 8. The standard InChI is InChI=1S/C12H16N6O2S4/c13-17-9(19)23-11(21)15-5-7-3-1-2-4-8(7)6-16-12(22)24-10(20)18-14/h1-4H,5-6,13-14H2,(H,15,21)(H,16,22)(H,17,19)(H,18,20). The lowest BCUT2D eigenvalue weighted by Gasteiger charge is -2.13. The molecule has 0 aromatic heterocycles. The molecule has 0 bridgehead atoms. The lowest BCUT2D eigenvalue weighted by atomic mass is 10.1. The van der Waals surface area contributed by atoms with Gasteiger partial charge in [-0.3, -0.25) is 20.4 Å². The van der Waals surface area contributed by atoms with Crippen LogP contribution in [0, 0.1) is 0 Å². The fourth-order valence-corrected chi connectivity index (χ4v) is 2.88. The van der Waals surface area contributed by atoms with Crippen molar-refractivity contribution in [2.24, 2.45) is 11.7 Å². The molecule has 8 nitrogen and oxygen atoms in total. The molecular formula is C12H16N6O2S4. The Hall–Kier alpha value is -1.44. The maximum absolute atomic E-state index is 11.1. The van der Waals surface area contributed by atoms with Crippen molar-refractivity contribution in [3.63, 3.8) is 0 Å². The molecule has 8 N–H and O–H groups in total. The first-order valence-electron chi connectivity index (χ1n) is 6.45. The fraction of sp³-hybridized carbons (Fsp3) is 0.167. The first-order valence-corrected chi connectivity index (χ1v) is 8.90. The average Bonchev–Trinajstić information content (AvgIpc) is 2.58. The quantitative estimate of drug-likeness (QED) is 0.187. The molecule has 12 heteroatoms. The van der Waals surface area contributed by atoms with Crippen LogP contribution in [0.2, 0.25) is 0 Å². The zero-order valence-electron chi connectivity index (χ0n) is 12.3. The predicted molar refractivity (Wildman–Crippen MR) is 106 cm³/mol. The monoisotopic (exact) mass is 404 g/mol. The van der Waals surface area contributed by atoms with Crippen LogP contribution >= 0.6 is 48.0 Å². The second-order valence-corrected chi connectivity index (χ2v) is 7.42. The molecule has 1 aromatic carbocycles. The normalized spacial score (nSPS) is 9.75. The summed E-state index contributed by atoms with van der Waals surface area (Å²) in [5.74, 6) is 10.00. The summed E-state index contributed by atoms with van der Waals surface area (Å²) >= 11 is 11.7. The summed E-state index contributed by atoms with van der Waals surface area (Å²) in [4.78, 5) is 22.2. The summed E-state index contributed by atoms with van der Waals surface area (Å²) in [6.45, 7) is 0.870. The van der Waals surface area contributed by atoms with Crippen LogP contribution in [0.15, 0.2) is 24.3 Å². The van der Waals surface area contributed by atoms with Crippen LogP contribution in [0.3, 0.4) is 0 Å². The molecule has 0 unspecified atom stereocenters. The maximum Gasteiger partial charge on any atom is 0.300 e. The third-order valence-electron chi connectivity index (χ3n) is 2.57. The summed E-state index contributed by atoms with van der Waals surface area (Å²) in [5.41, 5.74) is 5.91. The van der Waals surface area contributed by atoms with Crippen LogP contribution < -0.4 is 33.2 Å². The van der Waals surface area contributed by atoms with Gasteiger partial charge >= 0.3 is 0 Å². The van der Waals surface area contributed by atoms with Crippen molar-refractivity contribution in [3.05, 3.63) is 35.4 Å². The van der Waals surface area contributed by atoms with Gasteiger partial charge in [0.25, 0.3) is 10.5 Å². The highest BCUT2D eigenvalue weighted by Gasteiger charge is 2.08. The molecule has 0 saturated heterocycles. The van der Waals surface area contributed by atoms with Gasteiger partial charge < -0.3 is 10.6 Å². The van der Waals surface area contributed by atoms with E-state index in [1.807, 2.05) is 35.1 Å². The Morgan fingerprint density at radius 1 is 0.875 bits per heavy atom. The van der Waals surface area contributed by atoms with Crippen LogP contribution in [0.5, 0.6) is 0 Å². The molecule has 0 aliphatic carbocycles. The van der Waals surface area contributed by atoms with E-state index in [0.29, 0.717) is 21.7 Å². The highest BCUT2D eigenvalue weighted by Crippen LogP contribution is 2.11. The molecule has 0 spiro atoms. The van der Waals surface area contributed by atoms with E-state index in [-0.39, 0.29) is 0 Å². The molecule has 0 atom stereocenters. The molecule has 0 aliphatic rings. The number of carbonyl (C=O) groups is 2. The van der Waals surface area contributed by atoms with Crippen molar-refractivity contribution in [2.45, 2.75) is 13.1 Å². The molecule has 0 aliphatic heterocycles. The molecule has 2 amide bonds. The molecule has 0 heterocycles. The van der Waals surface area contributed by atoms with Crippen molar-refractivity contribution < 1.29 is 9.59 Å². The highest BCUT2D eigenvalue weighted by molar-refractivity contribution is 8.33. The topological polar surface area (TPSA) is 134 Å². The van der Waals surface area contributed by atoms with Gasteiger partial charge in [0.05, 0.1) is 0 Å². The SMILES string of the molecule is NNC(=O)SC(=S)NCc1ccccc1CNC(=S)SC(=O)NN. The number of hydrazine groups is 2. The Bertz CT molecular complexity index is 574. The summed E-state index contributed by atoms with van der Waals surface area (Å²) < 4.78 is 0.623.